The Labute approximate surface area is 179 Å². The highest BCUT2D eigenvalue weighted by Gasteiger charge is 2.17. The Bertz CT molecular complexity index is 834. The fraction of sp³-hybridized carbons (Fsp3) is 0.294. The summed E-state index contributed by atoms with van der Waals surface area (Å²) in [5, 5.41) is 17.0. The van der Waals surface area contributed by atoms with E-state index >= 15 is 0 Å². The molecule has 0 spiro atoms. The number of non-ortho nitro benzene ring substituents is 1. The van der Waals surface area contributed by atoms with Gasteiger partial charge in [-0.1, -0.05) is 17.7 Å². The van der Waals surface area contributed by atoms with E-state index in [1.54, 1.807) is 6.07 Å². The van der Waals surface area contributed by atoms with Gasteiger partial charge in [-0.2, -0.15) is 0 Å². The van der Waals surface area contributed by atoms with Crippen LogP contribution in [0.1, 0.15) is 22.3 Å². The third-order valence-electron chi connectivity index (χ3n) is 4.02. The van der Waals surface area contributed by atoms with Crippen molar-refractivity contribution in [1.82, 2.24) is 15.6 Å². The summed E-state index contributed by atoms with van der Waals surface area (Å²) in [6, 6.07) is 7.60. The maximum atomic E-state index is 12.2. The number of hydrogen-bond acceptors (Lipinski definition) is 6. The fourth-order valence-electron chi connectivity index (χ4n) is 2.40. The van der Waals surface area contributed by atoms with E-state index in [9.17, 15) is 14.9 Å². The van der Waals surface area contributed by atoms with E-state index in [0.29, 0.717) is 24.0 Å². The van der Waals surface area contributed by atoms with Gasteiger partial charge in [-0.15, -0.1) is 24.8 Å². The fourth-order valence-corrected chi connectivity index (χ4v) is 2.57. The van der Waals surface area contributed by atoms with Crippen LogP contribution in [0.25, 0.3) is 0 Å². The van der Waals surface area contributed by atoms with E-state index in [4.69, 9.17) is 16.3 Å². The molecule has 1 amide bonds. The molecule has 0 aliphatic carbocycles. The molecule has 1 aliphatic heterocycles. The van der Waals surface area contributed by atoms with E-state index in [2.05, 4.69) is 15.6 Å². The summed E-state index contributed by atoms with van der Waals surface area (Å²) in [7, 11) is 0. The molecule has 2 aromatic rings. The summed E-state index contributed by atoms with van der Waals surface area (Å²) >= 11 is 6.07. The van der Waals surface area contributed by atoms with Gasteiger partial charge in [0.05, 0.1) is 11.1 Å². The Kier molecular flexibility index (Phi) is 9.40. The van der Waals surface area contributed by atoms with Crippen LogP contribution in [0.2, 0.25) is 5.15 Å². The molecule has 11 heteroatoms. The number of nitro groups is 1. The third-order valence-corrected chi connectivity index (χ3v) is 4.36. The second-order valence-electron chi connectivity index (χ2n) is 5.86. The first-order chi connectivity index (χ1) is 12.5. The number of nitrogens with zero attached hydrogens (tertiary/aromatic N) is 2. The molecule has 0 saturated carbocycles. The standard InChI is InChI=1S/C17H17ClN4O4.2ClH/c18-16-12(7-15(9-20-16)26-10-13-4-5-19-13)8-21-17(23)11-2-1-3-14(6-11)22(24)25;;/h1-3,6-7,9,13,19H,4-5,8,10H2,(H,21,23);2*1H/t13-;;/m0../s1. The van der Waals surface area contributed by atoms with Crippen LogP contribution in [0.4, 0.5) is 5.69 Å². The lowest BCUT2D eigenvalue weighted by Crippen LogP contribution is -2.46. The lowest BCUT2D eigenvalue weighted by atomic mass is 10.1. The van der Waals surface area contributed by atoms with Crippen molar-refractivity contribution in [2.24, 2.45) is 0 Å². The van der Waals surface area contributed by atoms with Crippen LogP contribution < -0.4 is 15.4 Å². The topological polar surface area (TPSA) is 106 Å². The Balaban J connectivity index is 0.00000196. The highest BCUT2D eigenvalue weighted by molar-refractivity contribution is 6.30. The Morgan fingerprint density at radius 1 is 1.39 bits per heavy atom. The molecule has 0 bridgehead atoms. The lowest BCUT2D eigenvalue weighted by molar-refractivity contribution is -0.384. The first kappa shape index (κ1) is 23.9. The average molecular weight is 450 g/mol. The number of carbonyl (C=O) groups excluding carboxylic acids is 1. The molecule has 1 atom stereocenters. The number of pyridine rings is 1. The Morgan fingerprint density at radius 3 is 2.79 bits per heavy atom. The van der Waals surface area contributed by atoms with Crippen LogP contribution in [0, 0.1) is 10.1 Å². The highest BCUT2D eigenvalue weighted by Crippen LogP contribution is 2.20. The van der Waals surface area contributed by atoms with Crippen LogP contribution in [0.15, 0.2) is 36.5 Å². The number of halogens is 3. The number of carbonyl (C=O) groups is 1. The lowest BCUT2D eigenvalue weighted by Gasteiger charge is -2.27. The number of amides is 1. The summed E-state index contributed by atoms with van der Waals surface area (Å²) in [5.74, 6) is 0.137. The van der Waals surface area contributed by atoms with Crippen LogP contribution in [-0.2, 0) is 6.54 Å². The molecule has 0 unspecified atom stereocenters. The van der Waals surface area contributed by atoms with Gasteiger partial charge >= 0.3 is 0 Å². The maximum Gasteiger partial charge on any atom is 0.270 e. The van der Waals surface area contributed by atoms with E-state index in [1.165, 1.54) is 30.5 Å². The zero-order chi connectivity index (χ0) is 18.5. The number of aromatic nitrogens is 1. The minimum absolute atomic E-state index is 0. The van der Waals surface area contributed by atoms with Gasteiger partial charge in [0.2, 0.25) is 0 Å². The van der Waals surface area contributed by atoms with Crippen molar-refractivity contribution in [2.45, 2.75) is 19.0 Å². The first-order valence-corrected chi connectivity index (χ1v) is 8.44. The smallest absolute Gasteiger partial charge is 0.270 e. The molecule has 1 aromatic heterocycles. The molecule has 2 N–H and O–H groups in total. The van der Waals surface area contributed by atoms with Gasteiger partial charge in [0.1, 0.15) is 17.5 Å². The number of benzene rings is 1. The molecule has 0 radical (unpaired) electrons. The van der Waals surface area contributed by atoms with Crippen LogP contribution in [0.5, 0.6) is 5.75 Å². The highest BCUT2D eigenvalue weighted by atomic mass is 35.5. The van der Waals surface area contributed by atoms with Gasteiger partial charge in [0.15, 0.2) is 0 Å². The summed E-state index contributed by atoms with van der Waals surface area (Å²) in [4.78, 5) is 26.5. The summed E-state index contributed by atoms with van der Waals surface area (Å²) in [6.07, 6.45) is 2.61. The summed E-state index contributed by atoms with van der Waals surface area (Å²) in [6.45, 7) is 1.68. The normalized spacial score (nSPS) is 14.7. The van der Waals surface area contributed by atoms with Crippen molar-refractivity contribution in [3.8, 4) is 5.75 Å². The molecule has 1 aliphatic rings. The Morgan fingerprint density at radius 2 is 2.14 bits per heavy atom. The second kappa shape index (κ2) is 11.0. The molecule has 1 fully saturated rings. The molecular weight excluding hydrogens is 431 g/mol. The number of nitrogens with one attached hydrogen (secondary N) is 2. The van der Waals surface area contributed by atoms with Gasteiger partial charge in [-0.3, -0.25) is 14.9 Å². The molecule has 152 valence electrons. The predicted octanol–water partition coefficient (Wildman–Crippen LogP) is 3.16. The number of rotatable bonds is 7. The SMILES string of the molecule is Cl.Cl.O=C(NCc1cc(OC[C@@H]2CCN2)cnc1Cl)c1cccc([N+](=O)[O-])c1. The van der Waals surface area contributed by atoms with Gasteiger partial charge in [0, 0.05) is 35.8 Å². The zero-order valence-electron chi connectivity index (χ0n) is 14.6. The molecular formula is C17H19Cl3N4O4. The van der Waals surface area contributed by atoms with E-state index in [-0.39, 0.29) is 47.8 Å². The van der Waals surface area contributed by atoms with Crippen LogP contribution >= 0.6 is 36.4 Å². The van der Waals surface area contributed by atoms with Gasteiger partial charge < -0.3 is 15.4 Å². The largest absolute Gasteiger partial charge is 0.490 e. The minimum Gasteiger partial charge on any atom is -0.490 e. The Hall–Kier alpha value is -2.13. The first-order valence-electron chi connectivity index (χ1n) is 8.06. The van der Waals surface area contributed by atoms with E-state index in [0.717, 1.165) is 13.0 Å². The van der Waals surface area contributed by atoms with Crippen molar-refractivity contribution in [3.63, 3.8) is 0 Å². The minimum atomic E-state index is -0.546. The number of hydrogen-bond donors (Lipinski definition) is 2. The number of nitro benzene ring substituents is 1. The van der Waals surface area contributed by atoms with Crippen LogP contribution in [0.3, 0.4) is 0 Å². The van der Waals surface area contributed by atoms with Gasteiger partial charge in [-0.05, 0) is 25.1 Å². The molecule has 8 nitrogen and oxygen atoms in total. The third kappa shape index (κ3) is 6.20. The summed E-state index contributed by atoms with van der Waals surface area (Å²) in [5.41, 5.74) is 0.661. The van der Waals surface area contributed by atoms with E-state index in [1.807, 2.05) is 0 Å². The van der Waals surface area contributed by atoms with Crippen molar-refractivity contribution >= 4 is 48.0 Å². The summed E-state index contributed by atoms with van der Waals surface area (Å²) < 4.78 is 5.67. The zero-order valence-corrected chi connectivity index (χ0v) is 17.0. The second-order valence-corrected chi connectivity index (χ2v) is 6.22. The van der Waals surface area contributed by atoms with Crippen LogP contribution in [-0.4, -0.2) is 35.0 Å². The molecule has 28 heavy (non-hydrogen) atoms. The molecule has 3 rings (SSSR count). The molecule has 1 aromatic carbocycles. The molecule has 1 saturated heterocycles. The monoisotopic (exact) mass is 448 g/mol. The van der Waals surface area contributed by atoms with E-state index < -0.39 is 10.8 Å². The number of ether oxygens (including phenoxy) is 1. The van der Waals surface area contributed by atoms with Crippen molar-refractivity contribution < 1.29 is 14.5 Å². The van der Waals surface area contributed by atoms with Crippen molar-refractivity contribution in [3.05, 3.63) is 62.9 Å². The van der Waals surface area contributed by atoms with Crippen molar-refractivity contribution in [1.29, 1.82) is 0 Å². The van der Waals surface area contributed by atoms with Gasteiger partial charge in [-0.25, -0.2) is 4.98 Å². The van der Waals surface area contributed by atoms with Crippen molar-refractivity contribution in [2.75, 3.05) is 13.2 Å². The maximum absolute atomic E-state index is 12.2. The molecule has 2 heterocycles. The predicted molar refractivity (Wildman–Crippen MR) is 110 cm³/mol. The van der Waals surface area contributed by atoms with Gasteiger partial charge in [0.25, 0.3) is 11.6 Å². The quantitative estimate of drug-likeness (QED) is 0.382. The average Bonchev–Trinajstić information content (AvgIpc) is 2.60.